The third-order valence-electron chi connectivity index (χ3n) is 2.95. The van der Waals surface area contributed by atoms with Gasteiger partial charge in [0.2, 0.25) is 0 Å². The van der Waals surface area contributed by atoms with Crippen molar-refractivity contribution in [2.45, 2.75) is 4.90 Å². The van der Waals surface area contributed by atoms with Crippen LogP contribution in [0.2, 0.25) is 0 Å². The summed E-state index contributed by atoms with van der Waals surface area (Å²) in [4.78, 5) is 2.20. The molecule has 104 valence electrons. The quantitative estimate of drug-likeness (QED) is 0.640. The third-order valence-corrected chi connectivity index (χ3v) is 4.11. The fourth-order valence-corrected chi connectivity index (χ4v) is 2.85. The maximum Gasteiger partial charge on any atom is 0.141 e. The zero-order chi connectivity index (χ0) is 14.5. The summed E-state index contributed by atoms with van der Waals surface area (Å²) in [5.41, 5.74) is 1.16. The van der Waals surface area contributed by atoms with E-state index in [4.69, 9.17) is 4.74 Å². The van der Waals surface area contributed by atoms with E-state index < -0.39 is 0 Å². The molecule has 2 aromatic rings. The lowest BCUT2D eigenvalue weighted by Gasteiger charge is -2.20. The normalized spacial score (nSPS) is 14.5. The second-order valence-corrected chi connectivity index (χ2v) is 5.93. The number of rotatable bonds is 0. The maximum atomic E-state index is 5.76. The predicted molar refractivity (Wildman–Crippen MR) is 93.6 cm³/mol. The highest BCUT2D eigenvalue weighted by Crippen LogP contribution is 2.38. The van der Waals surface area contributed by atoms with E-state index in [9.17, 15) is 0 Å². The third kappa shape index (κ3) is 3.63. The lowest BCUT2D eigenvalue weighted by molar-refractivity contribution is 0.437. The summed E-state index contributed by atoms with van der Waals surface area (Å²) < 4.78 is 5.76. The molecule has 1 nitrogen and oxygen atoms in total. The van der Waals surface area contributed by atoms with Crippen molar-refractivity contribution in [3.05, 3.63) is 88.4 Å². The summed E-state index contributed by atoms with van der Waals surface area (Å²) in [5.74, 6) is 1.90. The van der Waals surface area contributed by atoms with Gasteiger partial charge in [0.15, 0.2) is 0 Å². The van der Waals surface area contributed by atoms with Crippen LogP contribution in [0.4, 0.5) is 0 Å². The van der Waals surface area contributed by atoms with Crippen LogP contribution in [0.25, 0.3) is 6.08 Å². The largest absolute Gasteiger partial charge is 0.456 e. The molecule has 0 saturated carbocycles. The number of ether oxygens (including phenoxy) is 1. The van der Waals surface area contributed by atoms with Crippen molar-refractivity contribution in [1.29, 1.82) is 0 Å². The number of thiol groups is 1. The van der Waals surface area contributed by atoms with Crippen LogP contribution in [0, 0.1) is 0 Å². The number of hydrogen-bond donors (Lipinski definition) is 1. The van der Waals surface area contributed by atoms with E-state index in [-0.39, 0.29) is 0 Å². The molecule has 2 aromatic carbocycles. The zero-order valence-corrected chi connectivity index (χ0v) is 13.0. The first-order valence-corrected chi connectivity index (χ1v) is 7.92. The van der Waals surface area contributed by atoms with Crippen LogP contribution < -0.4 is 4.74 Å². The van der Waals surface area contributed by atoms with E-state index in [1.165, 1.54) is 4.91 Å². The lowest BCUT2D eigenvalue weighted by atomic mass is 10.1. The highest BCUT2D eigenvalue weighted by atomic mass is 32.2. The molecule has 21 heavy (non-hydrogen) atoms. The van der Waals surface area contributed by atoms with Crippen molar-refractivity contribution in [2.24, 2.45) is 0 Å². The van der Waals surface area contributed by atoms with Crippen molar-refractivity contribution in [1.82, 2.24) is 0 Å². The molecule has 0 aliphatic carbocycles. The van der Waals surface area contributed by atoms with E-state index >= 15 is 0 Å². The predicted octanol–water partition coefficient (Wildman–Crippen LogP) is 5.54. The highest BCUT2D eigenvalue weighted by molar-refractivity contribution is 8.06. The standard InChI is InChI=1S/C12H8OS.C6H6S/c1-2-5-10-9(4-1)8-12-11(13-10)6-3-7-14-12;7-6-4-2-1-3-5-6/h1-8H;1-5,7H. The Hall–Kier alpha value is -1.84. The zero-order valence-electron chi connectivity index (χ0n) is 11.3. The van der Waals surface area contributed by atoms with Crippen LogP contribution in [-0.4, -0.2) is 0 Å². The van der Waals surface area contributed by atoms with Gasteiger partial charge in [0.1, 0.15) is 11.5 Å². The molecule has 0 radical (unpaired) electrons. The fourth-order valence-electron chi connectivity index (χ4n) is 1.95. The van der Waals surface area contributed by atoms with Gasteiger partial charge < -0.3 is 4.74 Å². The summed E-state index contributed by atoms with van der Waals surface area (Å²) in [6.07, 6.45) is 6.17. The molecule has 0 fully saturated rings. The first kappa shape index (κ1) is 14.1. The minimum absolute atomic E-state index is 0.943. The van der Waals surface area contributed by atoms with Gasteiger partial charge in [-0.2, -0.15) is 0 Å². The number of para-hydroxylation sites is 1. The van der Waals surface area contributed by atoms with E-state index in [0.717, 1.165) is 22.0 Å². The van der Waals surface area contributed by atoms with Gasteiger partial charge in [-0.05, 0) is 35.8 Å². The molecule has 0 unspecified atom stereocenters. The first-order chi connectivity index (χ1) is 10.3. The molecule has 2 aliphatic heterocycles. The summed E-state index contributed by atoms with van der Waals surface area (Å²) in [6, 6.07) is 17.9. The molecule has 4 rings (SSSR count). The van der Waals surface area contributed by atoms with Gasteiger partial charge in [0, 0.05) is 10.5 Å². The summed E-state index contributed by atoms with van der Waals surface area (Å²) >= 11 is 5.78. The maximum absolute atomic E-state index is 5.76. The first-order valence-electron chi connectivity index (χ1n) is 6.59. The van der Waals surface area contributed by atoms with Gasteiger partial charge in [-0.3, -0.25) is 0 Å². The Morgan fingerprint density at radius 3 is 2.43 bits per heavy atom. The summed E-state index contributed by atoms with van der Waals surface area (Å²) in [7, 11) is 0. The van der Waals surface area contributed by atoms with E-state index in [1.807, 2.05) is 60.7 Å². The Labute approximate surface area is 134 Å². The van der Waals surface area contributed by atoms with Crippen molar-refractivity contribution in [3.63, 3.8) is 0 Å². The number of benzene rings is 2. The minimum atomic E-state index is 0.943. The average Bonchev–Trinajstić information content (AvgIpc) is 2.54. The molecule has 0 aromatic heterocycles. The molecule has 2 aliphatic rings. The van der Waals surface area contributed by atoms with Crippen LogP contribution in [0.15, 0.2) is 87.7 Å². The van der Waals surface area contributed by atoms with Gasteiger partial charge >= 0.3 is 0 Å². The SMILES string of the molecule is C1=CSC2=Cc3ccccc3OC2=C1.Sc1ccccc1. The van der Waals surface area contributed by atoms with Gasteiger partial charge in [-0.15, -0.1) is 12.6 Å². The molecular formula is C18H14OS2. The Morgan fingerprint density at radius 2 is 1.67 bits per heavy atom. The molecule has 2 heterocycles. The van der Waals surface area contributed by atoms with E-state index in [1.54, 1.807) is 11.8 Å². The fraction of sp³-hybridized carbons (Fsp3) is 0. The summed E-state index contributed by atoms with van der Waals surface area (Å²) in [5, 5.41) is 2.06. The van der Waals surface area contributed by atoms with E-state index in [2.05, 4.69) is 30.2 Å². The Balaban J connectivity index is 0.000000160. The van der Waals surface area contributed by atoms with Crippen LogP contribution in [0.5, 0.6) is 5.75 Å². The molecule has 0 spiro atoms. The lowest BCUT2D eigenvalue weighted by Crippen LogP contribution is -2.04. The number of thioether (sulfide) groups is 1. The average molecular weight is 310 g/mol. The summed E-state index contributed by atoms with van der Waals surface area (Å²) in [6.45, 7) is 0. The molecule has 0 atom stereocenters. The highest BCUT2D eigenvalue weighted by Gasteiger charge is 2.17. The van der Waals surface area contributed by atoms with Gasteiger partial charge in [0.05, 0.1) is 4.91 Å². The van der Waals surface area contributed by atoms with E-state index in [0.29, 0.717) is 0 Å². The molecular weight excluding hydrogens is 296 g/mol. The molecule has 0 bridgehead atoms. The molecule has 0 N–H and O–H groups in total. The molecule has 3 heteroatoms. The smallest absolute Gasteiger partial charge is 0.141 e. The molecule has 0 amide bonds. The van der Waals surface area contributed by atoms with Gasteiger partial charge in [0.25, 0.3) is 0 Å². The van der Waals surface area contributed by atoms with Crippen molar-refractivity contribution < 1.29 is 4.74 Å². The van der Waals surface area contributed by atoms with Crippen LogP contribution in [0.1, 0.15) is 5.56 Å². The van der Waals surface area contributed by atoms with Crippen molar-refractivity contribution in [2.75, 3.05) is 0 Å². The van der Waals surface area contributed by atoms with Crippen LogP contribution in [0.3, 0.4) is 0 Å². The number of allylic oxidation sites excluding steroid dienone is 2. The number of hydrogen-bond acceptors (Lipinski definition) is 3. The monoisotopic (exact) mass is 310 g/mol. The Kier molecular flexibility index (Phi) is 4.53. The van der Waals surface area contributed by atoms with Crippen LogP contribution >= 0.6 is 24.4 Å². The van der Waals surface area contributed by atoms with Crippen molar-refractivity contribution >= 4 is 30.5 Å². The Bertz CT molecular complexity index is 715. The van der Waals surface area contributed by atoms with Gasteiger partial charge in [-0.25, -0.2) is 0 Å². The second-order valence-electron chi connectivity index (χ2n) is 4.46. The minimum Gasteiger partial charge on any atom is -0.456 e. The van der Waals surface area contributed by atoms with Crippen LogP contribution in [-0.2, 0) is 0 Å². The molecule has 0 saturated heterocycles. The van der Waals surface area contributed by atoms with Gasteiger partial charge in [-0.1, -0.05) is 54.2 Å². The van der Waals surface area contributed by atoms with Crippen molar-refractivity contribution in [3.8, 4) is 5.75 Å². The Morgan fingerprint density at radius 1 is 0.905 bits per heavy atom. The second kappa shape index (κ2) is 6.74. The topological polar surface area (TPSA) is 9.23 Å². The number of fused-ring (bicyclic) bond motifs is 2.